The minimum absolute atomic E-state index is 0.0951. The van der Waals surface area contributed by atoms with Crippen molar-refractivity contribution in [3.63, 3.8) is 0 Å². The van der Waals surface area contributed by atoms with Gasteiger partial charge in [-0.3, -0.25) is 0 Å². The van der Waals surface area contributed by atoms with Crippen molar-refractivity contribution < 1.29 is 9.59 Å². The topological polar surface area (TPSA) is 82.3 Å². The van der Waals surface area contributed by atoms with Gasteiger partial charge < -0.3 is 21.3 Å². The van der Waals surface area contributed by atoms with Gasteiger partial charge in [0.2, 0.25) is 0 Å². The van der Waals surface area contributed by atoms with Crippen molar-refractivity contribution in [2.24, 2.45) is 10.8 Å². The number of urea groups is 2. The number of rotatable bonds is 6. The van der Waals surface area contributed by atoms with Crippen molar-refractivity contribution >= 4 is 12.1 Å². The van der Waals surface area contributed by atoms with Gasteiger partial charge in [-0.2, -0.15) is 0 Å². The molecule has 6 heteroatoms. The summed E-state index contributed by atoms with van der Waals surface area (Å²) in [5.74, 6) is 0. The highest BCUT2D eigenvalue weighted by molar-refractivity contribution is 5.75. The van der Waals surface area contributed by atoms with Crippen LogP contribution < -0.4 is 21.3 Å². The fourth-order valence-electron chi connectivity index (χ4n) is 5.18. The fraction of sp³-hybridized carbons (Fsp3) is 0.917. The zero-order valence-electron chi connectivity index (χ0n) is 21.2. The molecule has 0 aromatic rings. The Hall–Kier alpha value is -1.46. The van der Waals surface area contributed by atoms with Crippen LogP contribution in [0.1, 0.15) is 108 Å². The summed E-state index contributed by atoms with van der Waals surface area (Å²) in [5.41, 5.74) is -0.191. The second-order valence-corrected chi connectivity index (χ2v) is 13.0. The lowest BCUT2D eigenvalue weighted by Gasteiger charge is -2.36. The molecular formula is C24H48N4O2. The van der Waals surface area contributed by atoms with E-state index in [9.17, 15) is 9.59 Å². The average Bonchev–Trinajstić information content (AvgIpc) is 2.42. The maximum absolute atomic E-state index is 12.4. The van der Waals surface area contributed by atoms with Gasteiger partial charge in [-0.05, 0) is 77.0 Å². The first kappa shape index (κ1) is 26.6. The third kappa shape index (κ3) is 11.7. The van der Waals surface area contributed by atoms with Crippen LogP contribution in [0.2, 0.25) is 0 Å². The lowest BCUT2D eigenvalue weighted by Crippen LogP contribution is -2.55. The van der Waals surface area contributed by atoms with E-state index in [1.54, 1.807) is 0 Å². The van der Waals surface area contributed by atoms with Crippen molar-refractivity contribution in [2.45, 2.75) is 131 Å². The summed E-state index contributed by atoms with van der Waals surface area (Å²) < 4.78 is 0. The lowest BCUT2D eigenvalue weighted by molar-refractivity contribution is 0.195. The molecule has 0 saturated heterocycles. The molecule has 0 bridgehead atoms. The number of hydrogen-bond acceptors (Lipinski definition) is 2. The van der Waals surface area contributed by atoms with Crippen LogP contribution in [0.25, 0.3) is 0 Å². The summed E-state index contributed by atoms with van der Waals surface area (Å²) >= 11 is 0. The summed E-state index contributed by atoms with van der Waals surface area (Å²) in [6.45, 7) is 21.4. The van der Waals surface area contributed by atoms with Crippen molar-refractivity contribution in [1.82, 2.24) is 21.3 Å². The number of carbonyl (C=O) groups is 2. The SMILES string of the molecule is CC(C)(C)CC(C)(C)NC(=O)NC1CCC(NC(=O)NC(C)(C)CC(C)(C)C)CC1. The highest BCUT2D eigenvalue weighted by Crippen LogP contribution is 2.28. The molecule has 1 aliphatic rings. The number of amides is 4. The highest BCUT2D eigenvalue weighted by Gasteiger charge is 2.30. The van der Waals surface area contributed by atoms with E-state index in [1.165, 1.54) is 0 Å². The zero-order valence-corrected chi connectivity index (χ0v) is 21.2. The highest BCUT2D eigenvalue weighted by atomic mass is 16.2. The first-order valence-corrected chi connectivity index (χ1v) is 11.5. The molecule has 4 amide bonds. The Morgan fingerprint density at radius 2 is 0.867 bits per heavy atom. The van der Waals surface area contributed by atoms with Crippen LogP contribution >= 0.6 is 0 Å². The molecular weight excluding hydrogens is 376 g/mol. The van der Waals surface area contributed by atoms with Crippen LogP contribution in [0.4, 0.5) is 9.59 Å². The van der Waals surface area contributed by atoms with Gasteiger partial charge in [0.15, 0.2) is 0 Å². The summed E-state index contributed by atoms with van der Waals surface area (Å²) in [6, 6.07) is 0.132. The van der Waals surface area contributed by atoms with Gasteiger partial charge in [0.25, 0.3) is 0 Å². The van der Waals surface area contributed by atoms with Gasteiger partial charge in [-0.25, -0.2) is 9.59 Å². The Morgan fingerprint density at radius 1 is 0.600 bits per heavy atom. The van der Waals surface area contributed by atoms with Gasteiger partial charge in [-0.1, -0.05) is 41.5 Å². The lowest BCUT2D eigenvalue weighted by atomic mass is 9.82. The van der Waals surface area contributed by atoms with Gasteiger partial charge in [0.1, 0.15) is 0 Å². The smallest absolute Gasteiger partial charge is 0.315 e. The zero-order chi connectivity index (χ0) is 23.4. The summed E-state index contributed by atoms with van der Waals surface area (Å²) in [7, 11) is 0. The molecule has 0 radical (unpaired) electrons. The number of hydrogen-bond donors (Lipinski definition) is 4. The van der Waals surface area contributed by atoms with E-state index in [4.69, 9.17) is 0 Å². The van der Waals surface area contributed by atoms with E-state index < -0.39 is 0 Å². The molecule has 4 N–H and O–H groups in total. The van der Waals surface area contributed by atoms with E-state index in [2.05, 4.69) is 90.5 Å². The predicted octanol–water partition coefficient (Wildman–Crippen LogP) is 5.33. The minimum atomic E-state index is -0.251. The molecule has 30 heavy (non-hydrogen) atoms. The number of nitrogens with one attached hydrogen (secondary N) is 4. The minimum Gasteiger partial charge on any atom is -0.335 e. The van der Waals surface area contributed by atoms with Crippen LogP contribution in [0.5, 0.6) is 0 Å². The molecule has 0 heterocycles. The van der Waals surface area contributed by atoms with E-state index in [1.807, 2.05) is 0 Å². The third-order valence-corrected chi connectivity index (χ3v) is 5.25. The molecule has 0 unspecified atom stereocenters. The van der Waals surface area contributed by atoms with Crippen LogP contribution in [-0.2, 0) is 0 Å². The quantitative estimate of drug-likeness (QED) is 0.465. The van der Waals surface area contributed by atoms with Crippen LogP contribution in [-0.4, -0.2) is 35.2 Å². The fourth-order valence-corrected chi connectivity index (χ4v) is 5.18. The van der Waals surface area contributed by atoms with Gasteiger partial charge >= 0.3 is 12.1 Å². The molecule has 0 aromatic heterocycles. The van der Waals surface area contributed by atoms with E-state index in [0.29, 0.717) is 0 Å². The van der Waals surface area contributed by atoms with Gasteiger partial charge in [0.05, 0.1) is 0 Å². The van der Waals surface area contributed by atoms with Crippen LogP contribution in [0.15, 0.2) is 0 Å². The standard InChI is InChI=1S/C24H48N4O2/c1-21(2,3)15-23(7,8)27-19(29)25-17-11-13-18(14-12-17)26-20(30)28-24(9,10)16-22(4,5)6/h17-18H,11-16H2,1-10H3,(H2,25,27,29)(H2,26,28,30). The Balaban J connectivity index is 2.39. The molecule has 0 aliphatic heterocycles. The Labute approximate surface area is 185 Å². The molecule has 1 fully saturated rings. The van der Waals surface area contributed by atoms with Crippen molar-refractivity contribution in [3.8, 4) is 0 Å². The maximum Gasteiger partial charge on any atom is 0.315 e. The average molecular weight is 425 g/mol. The first-order chi connectivity index (χ1) is 13.4. The summed E-state index contributed by atoms with van der Waals surface area (Å²) in [5, 5.41) is 12.5. The maximum atomic E-state index is 12.4. The number of carbonyl (C=O) groups excluding carboxylic acids is 2. The summed E-state index contributed by atoms with van der Waals surface area (Å²) in [4.78, 5) is 24.9. The van der Waals surface area contributed by atoms with Gasteiger partial charge in [-0.15, -0.1) is 0 Å². The third-order valence-electron chi connectivity index (χ3n) is 5.25. The van der Waals surface area contributed by atoms with Crippen molar-refractivity contribution in [1.29, 1.82) is 0 Å². The molecule has 6 nitrogen and oxygen atoms in total. The molecule has 0 spiro atoms. The first-order valence-electron chi connectivity index (χ1n) is 11.5. The Morgan fingerprint density at radius 3 is 1.10 bits per heavy atom. The Kier molecular flexibility index (Phi) is 8.66. The molecule has 1 aliphatic carbocycles. The van der Waals surface area contributed by atoms with E-state index >= 15 is 0 Å². The largest absolute Gasteiger partial charge is 0.335 e. The summed E-state index contributed by atoms with van der Waals surface area (Å²) in [6.07, 6.45) is 5.33. The molecule has 0 aromatic carbocycles. The van der Waals surface area contributed by atoms with Crippen LogP contribution in [0, 0.1) is 10.8 Å². The molecule has 176 valence electrons. The second kappa shape index (κ2) is 9.78. The van der Waals surface area contributed by atoms with Gasteiger partial charge in [0, 0.05) is 23.2 Å². The van der Waals surface area contributed by atoms with E-state index in [-0.39, 0.29) is 46.1 Å². The predicted molar refractivity (Wildman–Crippen MR) is 126 cm³/mol. The molecule has 1 rings (SSSR count). The molecule has 0 atom stereocenters. The second-order valence-electron chi connectivity index (χ2n) is 13.0. The van der Waals surface area contributed by atoms with Crippen LogP contribution in [0.3, 0.4) is 0 Å². The Bertz CT molecular complexity index is 525. The normalized spacial score (nSPS) is 21.0. The van der Waals surface area contributed by atoms with E-state index in [0.717, 1.165) is 38.5 Å². The molecule has 1 saturated carbocycles. The van der Waals surface area contributed by atoms with Crippen molar-refractivity contribution in [2.75, 3.05) is 0 Å². The monoisotopic (exact) mass is 424 g/mol. The van der Waals surface area contributed by atoms with Crippen molar-refractivity contribution in [3.05, 3.63) is 0 Å².